The van der Waals surface area contributed by atoms with Crippen molar-refractivity contribution in [1.82, 2.24) is 20.4 Å². The van der Waals surface area contributed by atoms with Crippen LogP contribution in [0.1, 0.15) is 70.6 Å². The van der Waals surface area contributed by atoms with Crippen LogP contribution in [0.2, 0.25) is 0 Å². The minimum absolute atomic E-state index is 0.00152. The molecule has 1 fully saturated rings. The Kier molecular flexibility index (Phi) is 15.0. The van der Waals surface area contributed by atoms with Gasteiger partial charge in [0.2, 0.25) is 17.7 Å². The van der Waals surface area contributed by atoms with E-state index in [0.29, 0.717) is 17.5 Å². The van der Waals surface area contributed by atoms with Crippen LogP contribution in [-0.4, -0.2) is 92.1 Å². The van der Waals surface area contributed by atoms with Gasteiger partial charge in [-0.3, -0.25) is 24.1 Å². The van der Waals surface area contributed by atoms with E-state index in [1.54, 1.807) is 83.1 Å². The van der Waals surface area contributed by atoms with Crippen molar-refractivity contribution < 1.29 is 48.5 Å². The lowest BCUT2D eigenvalue weighted by Crippen LogP contribution is -2.60. The summed E-state index contributed by atoms with van der Waals surface area (Å²) in [6.45, 7) is 8.58. The van der Waals surface area contributed by atoms with Gasteiger partial charge in [-0.25, -0.2) is 9.59 Å². The van der Waals surface area contributed by atoms with Crippen LogP contribution in [0.3, 0.4) is 0 Å². The second kappa shape index (κ2) is 19.6. The van der Waals surface area contributed by atoms with Crippen LogP contribution in [0.4, 0.5) is 4.79 Å². The molecule has 0 aromatic heterocycles. The number of esters is 1. The van der Waals surface area contributed by atoms with Gasteiger partial charge < -0.3 is 35.2 Å². The van der Waals surface area contributed by atoms with Crippen LogP contribution in [0.5, 0.6) is 5.75 Å². The number of nitrogens with one attached hydrogen (secondary N) is 2. The number of carboxylic acid groups (broad SMARTS) is 1. The summed E-state index contributed by atoms with van der Waals surface area (Å²) in [5, 5.41) is 24.9. The predicted molar refractivity (Wildman–Crippen MR) is 206 cm³/mol. The van der Waals surface area contributed by atoms with Crippen LogP contribution >= 0.6 is 0 Å². The summed E-state index contributed by atoms with van der Waals surface area (Å²) in [5.74, 6) is -4.96. The van der Waals surface area contributed by atoms with Crippen LogP contribution in [-0.2, 0) is 53.0 Å². The third kappa shape index (κ3) is 12.6. The highest BCUT2D eigenvalue weighted by molar-refractivity contribution is 5.96. The van der Waals surface area contributed by atoms with Crippen LogP contribution in [0, 0.1) is 5.92 Å². The first kappa shape index (κ1) is 42.8. The number of carbonyl (C=O) groups is 6. The van der Waals surface area contributed by atoms with E-state index in [-0.39, 0.29) is 38.3 Å². The molecule has 0 saturated carbocycles. The lowest BCUT2D eigenvalue weighted by Gasteiger charge is -2.35. The molecular formula is C42H52N4O10. The number of ether oxygens (including phenoxy) is 2. The van der Waals surface area contributed by atoms with Gasteiger partial charge in [-0.15, -0.1) is 0 Å². The van der Waals surface area contributed by atoms with E-state index >= 15 is 0 Å². The molecule has 4 rings (SSSR count). The summed E-state index contributed by atoms with van der Waals surface area (Å²) >= 11 is 0. The van der Waals surface area contributed by atoms with Crippen LogP contribution in [0.25, 0.3) is 0 Å². The summed E-state index contributed by atoms with van der Waals surface area (Å²) in [6, 6.07) is 19.1. The van der Waals surface area contributed by atoms with E-state index in [1.807, 2.05) is 24.3 Å². The van der Waals surface area contributed by atoms with E-state index in [0.717, 1.165) is 5.56 Å². The number of carboxylic acids is 1. The lowest BCUT2D eigenvalue weighted by atomic mass is 9.98. The molecule has 0 radical (unpaired) electrons. The fourth-order valence-corrected chi connectivity index (χ4v) is 6.30. The molecule has 0 bridgehead atoms. The number of hydrogen-bond donors (Lipinski definition) is 4. The molecule has 0 aliphatic carbocycles. The summed E-state index contributed by atoms with van der Waals surface area (Å²) in [6.07, 6.45) is -0.746. The average Bonchev–Trinajstić information content (AvgIpc) is 3.65. The normalized spacial score (nSPS) is 15.6. The molecule has 1 saturated heterocycles. The number of phenols is 1. The van der Waals surface area contributed by atoms with E-state index in [2.05, 4.69) is 10.6 Å². The largest absolute Gasteiger partial charge is 0.508 e. The first-order valence-electron chi connectivity index (χ1n) is 18.7. The van der Waals surface area contributed by atoms with Gasteiger partial charge in [-0.05, 0) is 68.4 Å². The van der Waals surface area contributed by atoms with Gasteiger partial charge in [0.1, 0.15) is 42.1 Å². The number of carbonyl (C=O) groups excluding carboxylic acids is 5. The molecule has 14 nitrogen and oxygen atoms in total. The number of hydrogen-bond acceptors (Lipinski definition) is 9. The maximum absolute atomic E-state index is 14.8. The van der Waals surface area contributed by atoms with Crippen molar-refractivity contribution in [2.75, 3.05) is 6.54 Å². The Morgan fingerprint density at radius 2 is 1.46 bits per heavy atom. The van der Waals surface area contributed by atoms with E-state index < -0.39 is 77.9 Å². The Labute approximate surface area is 327 Å². The van der Waals surface area contributed by atoms with Gasteiger partial charge in [0.25, 0.3) is 0 Å². The second-order valence-electron chi connectivity index (χ2n) is 15.2. The highest BCUT2D eigenvalue weighted by atomic mass is 16.6. The highest BCUT2D eigenvalue weighted by Crippen LogP contribution is 2.23. The van der Waals surface area contributed by atoms with Gasteiger partial charge in [0, 0.05) is 19.5 Å². The molecule has 4 atom stereocenters. The van der Waals surface area contributed by atoms with Crippen molar-refractivity contribution >= 4 is 35.8 Å². The van der Waals surface area contributed by atoms with E-state index in [4.69, 9.17) is 9.47 Å². The topological polar surface area (TPSA) is 192 Å². The molecule has 300 valence electrons. The molecule has 4 amide bonds. The molecule has 1 aliphatic rings. The molecule has 3 aromatic carbocycles. The Hall–Kier alpha value is -5.92. The fourth-order valence-electron chi connectivity index (χ4n) is 6.30. The Morgan fingerprint density at radius 3 is 2.04 bits per heavy atom. The van der Waals surface area contributed by atoms with Crippen molar-refractivity contribution in [3.63, 3.8) is 0 Å². The second-order valence-corrected chi connectivity index (χ2v) is 15.2. The van der Waals surface area contributed by atoms with Crippen molar-refractivity contribution in [3.8, 4) is 5.75 Å². The number of rotatable bonds is 16. The van der Waals surface area contributed by atoms with Gasteiger partial charge >= 0.3 is 18.0 Å². The van der Waals surface area contributed by atoms with Crippen molar-refractivity contribution in [2.45, 2.75) is 103 Å². The molecule has 0 spiro atoms. The summed E-state index contributed by atoms with van der Waals surface area (Å²) < 4.78 is 11.2. The number of benzene rings is 3. The Bertz CT molecular complexity index is 1810. The maximum atomic E-state index is 14.8. The quantitative estimate of drug-likeness (QED) is 0.150. The predicted octanol–water partition coefficient (Wildman–Crippen LogP) is 4.58. The van der Waals surface area contributed by atoms with Crippen molar-refractivity contribution in [1.29, 1.82) is 0 Å². The fraction of sp³-hybridized carbons (Fsp3) is 0.429. The zero-order chi connectivity index (χ0) is 41.0. The van der Waals surface area contributed by atoms with E-state index in [1.165, 1.54) is 21.9 Å². The third-order valence-corrected chi connectivity index (χ3v) is 9.14. The first-order valence-corrected chi connectivity index (χ1v) is 18.7. The van der Waals surface area contributed by atoms with Gasteiger partial charge in [-0.1, -0.05) is 86.6 Å². The standard InChI is InChI=1S/C42H52N4O10/c1-27(2)36(44-37(50)32(24-35(48)49)43-38(51)33-17-12-22-45(33)41(54)56-42(3,4)5)39(52)46(25-29-13-8-6-9-14-29)34(23-28-18-20-31(47)21-19-28)40(53)55-26-30-15-10-7-11-16-30/h6-11,13-16,18-21,27,32-34,36,47H,12,17,22-26H2,1-5H3,(H,43,51)(H,44,50)(H,48,49)/t32?,33-,34+,36?/m1/s1. The molecule has 56 heavy (non-hydrogen) atoms. The number of likely N-dealkylation sites (tertiary alicyclic amines) is 1. The molecule has 1 aliphatic heterocycles. The average molecular weight is 773 g/mol. The maximum Gasteiger partial charge on any atom is 0.410 e. The zero-order valence-corrected chi connectivity index (χ0v) is 32.5. The third-order valence-electron chi connectivity index (χ3n) is 9.14. The number of nitrogens with zero attached hydrogens (tertiary/aromatic N) is 2. The summed E-state index contributed by atoms with van der Waals surface area (Å²) in [5.41, 5.74) is 1.22. The minimum atomic E-state index is -1.61. The number of aliphatic carboxylic acids is 1. The molecule has 14 heteroatoms. The molecule has 3 aromatic rings. The summed E-state index contributed by atoms with van der Waals surface area (Å²) in [7, 11) is 0. The monoisotopic (exact) mass is 772 g/mol. The first-order chi connectivity index (χ1) is 26.5. The minimum Gasteiger partial charge on any atom is -0.508 e. The molecular weight excluding hydrogens is 720 g/mol. The lowest BCUT2D eigenvalue weighted by molar-refractivity contribution is -0.158. The van der Waals surface area contributed by atoms with Gasteiger partial charge in [0.15, 0.2) is 0 Å². The number of aromatic hydroxyl groups is 1. The van der Waals surface area contributed by atoms with Crippen molar-refractivity contribution in [3.05, 3.63) is 102 Å². The number of phenolic OH excluding ortho intramolecular Hbond substituents is 1. The Morgan fingerprint density at radius 1 is 0.857 bits per heavy atom. The van der Waals surface area contributed by atoms with Crippen LogP contribution < -0.4 is 10.6 Å². The van der Waals surface area contributed by atoms with E-state index in [9.17, 15) is 39.0 Å². The van der Waals surface area contributed by atoms with Gasteiger partial charge in [0.05, 0.1) is 6.42 Å². The smallest absolute Gasteiger partial charge is 0.410 e. The molecule has 1 heterocycles. The van der Waals surface area contributed by atoms with Crippen LogP contribution in [0.15, 0.2) is 84.9 Å². The highest BCUT2D eigenvalue weighted by Gasteiger charge is 2.41. The Balaban J connectivity index is 1.64. The molecule has 2 unspecified atom stereocenters. The number of amides is 4. The summed E-state index contributed by atoms with van der Waals surface area (Å²) in [4.78, 5) is 83.8. The SMILES string of the molecule is CC(C)C(NC(=O)C(CC(=O)O)NC(=O)[C@H]1CCCN1C(=O)OC(C)(C)C)C(=O)N(Cc1ccccc1)[C@@H](Cc1ccc(O)cc1)C(=O)OCc1ccccc1. The molecule has 4 N–H and O–H groups in total. The van der Waals surface area contributed by atoms with Crippen molar-refractivity contribution in [2.24, 2.45) is 5.92 Å². The van der Waals surface area contributed by atoms with Gasteiger partial charge in [-0.2, -0.15) is 0 Å². The zero-order valence-electron chi connectivity index (χ0n) is 32.5.